The zero-order valence-corrected chi connectivity index (χ0v) is 9.94. The highest BCUT2D eigenvalue weighted by Crippen LogP contribution is 2.28. The summed E-state index contributed by atoms with van der Waals surface area (Å²) < 4.78 is 14.5. The molecule has 0 saturated heterocycles. The third kappa shape index (κ3) is 2.21. The molecule has 2 aromatic rings. The third-order valence-electron chi connectivity index (χ3n) is 2.03. The summed E-state index contributed by atoms with van der Waals surface area (Å²) in [5.41, 5.74) is 1.28. The second kappa shape index (κ2) is 4.33. The topological polar surface area (TPSA) is 0 Å². The van der Waals surface area contributed by atoms with E-state index in [1.165, 1.54) is 6.07 Å². The molecule has 0 atom stereocenters. The zero-order chi connectivity index (χ0) is 10.8. The van der Waals surface area contributed by atoms with Crippen molar-refractivity contribution in [3.63, 3.8) is 0 Å². The van der Waals surface area contributed by atoms with Crippen LogP contribution in [0, 0.1) is 11.9 Å². The van der Waals surface area contributed by atoms with E-state index in [2.05, 4.69) is 22.0 Å². The molecule has 0 aromatic heterocycles. The van der Waals surface area contributed by atoms with Crippen molar-refractivity contribution in [3.8, 4) is 11.1 Å². The monoisotopic (exact) mass is 283 g/mol. The van der Waals surface area contributed by atoms with Crippen LogP contribution in [0.1, 0.15) is 0 Å². The lowest BCUT2D eigenvalue weighted by Gasteiger charge is -2.04. The maximum absolute atomic E-state index is 13.7. The summed E-state index contributed by atoms with van der Waals surface area (Å²) in [6, 6.07) is 13.2. The summed E-state index contributed by atoms with van der Waals surface area (Å²) in [4.78, 5) is 0. The molecule has 0 unspecified atom stereocenters. The smallest absolute Gasteiger partial charge is 0.149 e. The Morgan fingerprint density at radius 3 is 2.80 bits per heavy atom. The first-order valence-corrected chi connectivity index (χ1v) is 5.47. The summed E-state index contributed by atoms with van der Waals surface area (Å²) in [6.45, 7) is 0. The van der Waals surface area contributed by atoms with Crippen LogP contribution >= 0.6 is 27.5 Å². The minimum atomic E-state index is -0.391. The molecule has 0 aliphatic heterocycles. The molecule has 3 heteroatoms. The highest BCUT2D eigenvalue weighted by atomic mass is 79.9. The van der Waals surface area contributed by atoms with Crippen LogP contribution in [0.5, 0.6) is 0 Å². The number of rotatable bonds is 1. The van der Waals surface area contributed by atoms with Crippen LogP contribution in [0.25, 0.3) is 11.1 Å². The second-order valence-electron chi connectivity index (χ2n) is 3.03. The molecular weight excluding hydrogens is 278 g/mol. The van der Waals surface area contributed by atoms with Gasteiger partial charge in [0.15, 0.2) is 0 Å². The van der Waals surface area contributed by atoms with Gasteiger partial charge < -0.3 is 0 Å². The van der Waals surface area contributed by atoms with Crippen LogP contribution in [0.15, 0.2) is 40.9 Å². The maximum Gasteiger partial charge on any atom is 0.149 e. The Labute approximate surface area is 101 Å². The van der Waals surface area contributed by atoms with Gasteiger partial charge in [0.05, 0.1) is 5.02 Å². The van der Waals surface area contributed by atoms with E-state index in [1.807, 2.05) is 0 Å². The molecule has 75 valence electrons. The van der Waals surface area contributed by atoms with E-state index in [-0.39, 0.29) is 5.02 Å². The van der Waals surface area contributed by atoms with Gasteiger partial charge in [-0.1, -0.05) is 51.8 Å². The fourth-order valence-corrected chi connectivity index (χ4v) is 1.88. The Hall–Kier alpha value is -0.860. The van der Waals surface area contributed by atoms with E-state index in [1.54, 1.807) is 30.3 Å². The molecule has 2 aromatic carbocycles. The third-order valence-corrected chi connectivity index (χ3v) is 2.78. The van der Waals surface area contributed by atoms with Gasteiger partial charge >= 0.3 is 0 Å². The number of halogens is 3. The standard InChI is InChI=1S/C12H6BrClF/c13-9-4-1-3-8(7-9)10-5-2-6-11(14)12(10)15/h1-3,5-7H. The van der Waals surface area contributed by atoms with E-state index in [0.717, 1.165) is 10.0 Å². The van der Waals surface area contributed by atoms with Gasteiger partial charge in [0.25, 0.3) is 0 Å². The second-order valence-corrected chi connectivity index (χ2v) is 4.29. The molecule has 0 amide bonds. The average Bonchev–Trinajstić information content (AvgIpc) is 2.22. The Kier molecular flexibility index (Phi) is 3.08. The normalized spacial score (nSPS) is 10.3. The Bertz CT molecular complexity index is 497. The fourth-order valence-electron chi connectivity index (χ4n) is 1.33. The minimum Gasteiger partial charge on any atom is -0.205 e. The molecule has 0 aliphatic rings. The van der Waals surface area contributed by atoms with Crippen molar-refractivity contribution in [3.05, 3.63) is 57.8 Å². The van der Waals surface area contributed by atoms with Crippen LogP contribution in [-0.2, 0) is 0 Å². The highest BCUT2D eigenvalue weighted by molar-refractivity contribution is 9.10. The highest BCUT2D eigenvalue weighted by Gasteiger charge is 2.08. The quantitative estimate of drug-likeness (QED) is 0.711. The predicted octanol–water partition coefficient (Wildman–Crippen LogP) is 4.71. The molecular formula is C12H6BrClF. The molecule has 1 radical (unpaired) electrons. The van der Waals surface area contributed by atoms with Gasteiger partial charge in [-0.05, 0) is 23.8 Å². The van der Waals surface area contributed by atoms with Crippen LogP contribution in [0.4, 0.5) is 4.39 Å². The maximum atomic E-state index is 13.7. The molecule has 0 fully saturated rings. The summed E-state index contributed by atoms with van der Waals surface area (Å²) in [7, 11) is 0. The van der Waals surface area contributed by atoms with Crippen molar-refractivity contribution < 1.29 is 4.39 Å². The van der Waals surface area contributed by atoms with Gasteiger partial charge in [-0.2, -0.15) is 0 Å². The van der Waals surface area contributed by atoms with Gasteiger partial charge in [0.1, 0.15) is 5.82 Å². The molecule has 0 spiro atoms. The number of hydrogen-bond donors (Lipinski definition) is 0. The number of hydrogen-bond acceptors (Lipinski definition) is 0. The first kappa shape index (κ1) is 10.7. The molecule has 0 saturated carbocycles. The summed E-state index contributed by atoms with van der Waals surface area (Å²) in [6.07, 6.45) is 0. The molecule has 0 aliphatic carbocycles. The molecule has 15 heavy (non-hydrogen) atoms. The Balaban J connectivity index is 2.59. The lowest BCUT2D eigenvalue weighted by molar-refractivity contribution is 0.632. The van der Waals surface area contributed by atoms with E-state index in [0.29, 0.717) is 5.56 Å². The Morgan fingerprint density at radius 1 is 1.27 bits per heavy atom. The van der Waals surface area contributed by atoms with Crippen LogP contribution in [0.3, 0.4) is 0 Å². The number of benzene rings is 2. The molecule has 0 nitrogen and oxygen atoms in total. The first-order chi connectivity index (χ1) is 7.18. The van der Waals surface area contributed by atoms with Gasteiger partial charge in [0, 0.05) is 10.0 Å². The molecule has 2 rings (SSSR count). The molecule has 0 heterocycles. The van der Waals surface area contributed by atoms with Crippen molar-refractivity contribution in [1.29, 1.82) is 0 Å². The zero-order valence-electron chi connectivity index (χ0n) is 7.60. The fraction of sp³-hybridized carbons (Fsp3) is 0. The van der Waals surface area contributed by atoms with Gasteiger partial charge in [-0.3, -0.25) is 0 Å². The average molecular weight is 285 g/mol. The SMILES string of the molecule is Fc1c(Cl)cccc1-c1cc[c]c(Br)c1. The van der Waals surface area contributed by atoms with E-state index in [4.69, 9.17) is 11.6 Å². The molecule has 0 N–H and O–H groups in total. The van der Waals surface area contributed by atoms with Gasteiger partial charge in [0.2, 0.25) is 0 Å². The van der Waals surface area contributed by atoms with E-state index >= 15 is 0 Å². The van der Waals surface area contributed by atoms with Gasteiger partial charge in [-0.25, -0.2) is 4.39 Å². The predicted molar refractivity (Wildman–Crippen MR) is 63.4 cm³/mol. The Morgan fingerprint density at radius 2 is 2.07 bits per heavy atom. The molecule has 0 bridgehead atoms. The lowest BCUT2D eigenvalue weighted by Crippen LogP contribution is -1.85. The van der Waals surface area contributed by atoms with Crippen LogP contribution in [-0.4, -0.2) is 0 Å². The lowest BCUT2D eigenvalue weighted by atomic mass is 10.1. The van der Waals surface area contributed by atoms with Crippen molar-refractivity contribution >= 4 is 27.5 Å². The summed E-state index contributed by atoms with van der Waals surface area (Å²) >= 11 is 9.00. The van der Waals surface area contributed by atoms with Crippen molar-refractivity contribution in [2.45, 2.75) is 0 Å². The van der Waals surface area contributed by atoms with E-state index in [9.17, 15) is 4.39 Å². The summed E-state index contributed by atoms with van der Waals surface area (Å²) in [5, 5.41) is 0.136. The van der Waals surface area contributed by atoms with Crippen molar-refractivity contribution in [2.24, 2.45) is 0 Å². The first-order valence-electron chi connectivity index (χ1n) is 4.30. The van der Waals surface area contributed by atoms with Crippen LogP contribution in [0.2, 0.25) is 5.02 Å². The van der Waals surface area contributed by atoms with Crippen molar-refractivity contribution in [2.75, 3.05) is 0 Å². The van der Waals surface area contributed by atoms with Crippen LogP contribution < -0.4 is 0 Å². The van der Waals surface area contributed by atoms with Crippen molar-refractivity contribution in [1.82, 2.24) is 0 Å². The largest absolute Gasteiger partial charge is 0.205 e. The summed E-state index contributed by atoms with van der Waals surface area (Å²) in [5.74, 6) is -0.391. The minimum absolute atomic E-state index is 0.136. The van der Waals surface area contributed by atoms with E-state index < -0.39 is 5.82 Å². The van der Waals surface area contributed by atoms with Gasteiger partial charge in [-0.15, -0.1) is 0 Å².